The molecule has 1 aliphatic rings. The highest BCUT2D eigenvalue weighted by atomic mass is 127. The summed E-state index contributed by atoms with van der Waals surface area (Å²) < 4.78 is 24.1. The number of aliphatic carboxylic acids is 1. The largest absolute Gasteiger partial charge is 0.481 e. The van der Waals surface area contributed by atoms with Gasteiger partial charge in [0.2, 0.25) is 0 Å². The van der Waals surface area contributed by atoms with Gasteiger partial charge >= 0.3 is 5.97 Å². The second kappa shape index (κ2) is 6.30. The summed E-state index contributed by atoms with van der Waals surface area (Å²) in [6.45, 7) is 0.0318. The lowest BCUT2D eigenvalue weighted by atomic mass is 10.1. The molecule has 0 aliphatic carbocycles. The van der Waals surface area contributed by atoms with Gasteiger partial charge in [0.15, 0.2) is 9.84 Å². The highest BCUT2D eigenvalue weighted by Gasteiger charge is 2.36. The molecular formula is C13H14INO5S. The Balaban J connectivity index is 2.29. The van der Waals surface area contributed by atoms with Crippen molar-refractivity contribution in [3.63, 3.8) is 0 Å². The summed E-state index contributed by atoms with van der Waals surface area (Å²) in [6, 6.07) is 6.15. The molecule has 1 aromatic rings. The lowest BCUT2D eigenvalue weighted by Gasteiger charge is -2.34. The van der Waals surface area contributed by atoms with Crippen molar-refractivity contribution in [1.29, 1.82) is 0 Å². The third kappa shape index (κ3) is 3.94. The van der Waals surface area contributed by atoms with Crippen molar-refractivity contribution in [2.45, 2.75) is 12.5 Å². The molecule has 2 rings (SSSR count). The average Bonchev–Trinajstić information content (AvgIpc) is 2.37. The molecule has 1 saturated heterocycles. The molecule has 0 radical (unpaired) electrons. The van der Waals surface area contributed by atoms with E-state index < -0.39 is 21.8 Å². The fourth-order valence-electron chi connectivity index (χ4n) is 2.31. The molecule has 1 N–H and O–H groups in total. The minimum atomic E-state index is -3.30. The molecule has 8 heteroatoms. The number of carboxylic acid groups (broad SMARTS) is 1. The number of benzene rings is 1. The first kappa shape index (κ1) is 16.2. The van der Waals surface area contributed by atoms with E-state index in [0.717, 1.165) is 3.57 Å². The Labute approximate surface area is 136 Å². The van der Waals surface area contributed by atoms with Gasteiger partial charge in [0.25, 0.3) is 5.91 Å². The molecule has 1 atom stereocenters. The molecule has 1 heterocycles. The first-order chi connectivity index (χ1) is 9.80. The minimum absolute atomic E-state index is 0.0318. The van der Waals surface area contributed by atoms with Gasteiger partial charge in [-0.3, -0.25) is 9.59 Å². The van der Waals surface area contributed by atoms with Crippen molar-refractivity contribution < 1.29 is 23.1 Å². The predicted molar refractivity (Wildman–Crippen MR) is 84.9 cm³/mol. The van der Waals surface area contributed by atoms with Crippen molar-refractivity contribution in [3.05, 3.63) is 33.4 Å². The number of amides is 1. The van der Waals surface area contributed by atoms with E-state index in [9.17, 15) is 18.0 Å². The third-order valence-corrected chi connectivity index (χ3v) is 5.94. The van der Waals surface area contributed by atoms with Gasteiger partial charge in [-0.1, -0.05) is 12.1 Å². The third-order valence-electron chi connectivity index (χ3n) is 3.31. The van der Waals surface area contributed by atoms with Gasteiger partial charge in [0.05, 0.1) is 29.5 Å². The number of carbonyl (C=O) groups is 2. The first-order valence-corrected chi connectivity index (χ1v) is 9.18. The van der Waals surface area contributed by atoms with Gasteiger partial charge in [-0.25, -0.2) is 8.42 Å². The Morgan fingerprint density at radius 2 is 2.00 bits per heavy atom. The topological polar surface area (TPSA) is 91.8 Å². The molecule has 1 fully saturated rings. The molecule has 1 amide bonds. The van der Waals surface area contributed by atoms with Crippen LogP contribution in [0.4, 0.5) is 0 Å². The number of rotatable bonds is 3. The summed E-state index contributed by atoms with van der Waals surface area (Å²) in [5.41, 5.74) is 0.466. The SMILES string of the molecule is O=C(O)CC1CS(=O)(=O)CCN1C(=O)c1ccccc1I. The van der Waals surface area contributed by atoms with E-state index >= 15 is 0 Å². The lowest BCUT2D eigenvalue weighted by Crippen LogP contribution is -2.52. The number of halogens is 1. The van der Waals surface area contributed by atoms with Gasteiger partial charge in [0.1, 0.15) is 0 Å². The van der Waals surface area contributed by atoms with Gasteiger partial charge in [0, 0.05) is 10.1 Å². The second-order valence-electron chi connectivity index (χ2n) is 4.84. The van der Waals surface area contributed by atoms with Gasteiger partial charge < -0.3 is 10.0 Å². The minimum Gasteiger partial charge on any atom is -0.481 e. The van der Waals surface area contributed by atoms with Crippen molar-refractivity contribution in [1.82, 2.24) is 4.90 Å². The van der Waals surface area contributed by atoms with Crippen LogP contribution in [0.25, 0.3) is 0 Å². The predicted octanol–water partition coefficient (Wildman–Crippen LogP) is 1.01. The maximum absolute atomic E-state index is 12.6. The first-order valence-electron chi connectivity index (χ1n) is 6.28. The van der Waals surface area contributed by atoms with Crippen molar-refractivity contribution >= 4 is 44.3 Å². The van der Waals surface area contributed by atoms with Gasteiger partial charge in [-0.2, -0.15) is 0 Å². The zero-order valence-corrected chi connectivity index (χ0v) is 14.0. The summed E-state index contributed by atoms with van der Waals surface area (Å²) in [5.74, 6) is -1.86. The summed E-state index contributed by atoms with van der Waals surface area (Å²) in [7, 11) is -3.30. The smallest absolute Gasteiger partial charge is 0.305 e. The van der Waals surface area contributed by atoms with E-state index in [0.29, 0.717) is 5.56 Å². The molecule has 114 valence electrons. The van der Waals surface area contributed by atoms with E-state index in [1.807, 2.05) is 22.6 Å². The van der Waals surface area contributed by atoms with Crippen LogP contribution in [0.1, 0.15) is 16.8 Å². The van der Waals surface area contributed by atoms with Crippen LogP contribution in [0, 0.1) is 3.57 Å². The lowest BCUT2D eigenvalue weighted by molar-refractivity contribution is -0.138. The van der Waals surface area contributed by atoms with Crippen LogP contribution < -0.4 is 0 Å². The highest BCUT2D eigenvalue weighted by Crippen LogP contribution is 2.21. The number of sulfone groups is 1. The maximum Gasteiger partial charge on any atom is 0.305 e. The quantitative estimate of drug-likeness (QED) is 0.733. The molecule has 1 aromatic carbocycles. The van der Waals surface area contributed by atoms with E-state index in [4.69, 9.17) is 5.11 Å². The number of carbonyl (C=O) groups excluding carboxylic acids is 1. The molecule has 1 aliphatic heterocycles. The van der Waals surface area contributed by atoms with Crippen molar-refractivity contribution in [3.8, 4) is 0 Å². The summed E-state index contributed by atoms with van der Waals surface area (Å²) in [6.07, 6.45) is -0.367. The standard InChI is InChI=1S/C13H14INO5S/c14-11-4-2-1-3-10(11)13(18)15-5-6-21(19,20)8-9(15)7-12(16)17/h1-4,9H,5-8H2,(H,16,17). The number of nitrogens with zero attached hydrogens (tertiary/aromatic N) is 1. The van der Waals surface area contributed by atoms with E-state index in [1.165, 1.54) is 4.90 Å². The van der Waals surface area contributed by atoms with Crippen LogP contribution in [-0.4, -0.2) is 54.4 Å². The summed E-state index contributed by atoms with van der Waals surface area (Å²) >= 11 is 2.03. The van der Waals surface area contributed by atoms with Crippen LogP contribution >= 0.6 is 22.6 Å². The van der Waals surface area contributed by atoms with Crippen LogP contribution in [-0.2, 0) is 14.6 Å². The van der Waals surface area contributed by atoms with Crippen LogP contribution in [0.15, 0.2) is 24.3 Å². The molecule has 0 aromatic heterocycles. The van der Waals surface area contributed by atoms with Crippen molar-refractivity contribution in [2.75, 3.05) is 18.1 Å². The van der Waals surface area contributed by atoms with Crippen molar-refractivity contribution in [2.24, 2.45) is 0 Å². The zero-order chi connectivity index (χ0) is 15.6. The summed E-state index contributed by atoms with van der Waals surface area (Å²) in [5, 5.41) is 8.93. The number of carboxylic acids is 1. The number of hydrogen-bond donors (Lipinski definition) is 1. The Hall–Kier alpha value is -1.16. The fraction of sp³-hybridized carbons (Fsp3) is 0.385. The molecular weight excluding hydrogens is 409 g/mol. The summed E-state index contributed by atoms with van der Waals surface area (Å²) in [4.78, 5) is 24.8. The molecule has 0 spiro atoms. The monoisotopic (exact) mass is 423 g/mol. The number of hydrogen-bond acceptors (Lipinski definition) is 4. The second-order valence-corrected chi connectivity index (χ2v) is 8.24. The molecule has 0 saturated carbocycles. The zero-order valence-electron chi connectivity index (χ0n) is 11.0. The van der Waals surface area contributed by atoms with E-state index in [2.05, 4.69) is 0 Å². The Morgan fingerprint density at radius 1 is 1.33 bits per heavy atom. The molecule has 6 nitrogen and oxygen atoms in total. The molecule has 1 unspecified atom stereocenters. The molecule has 21 heavy (non-hydrogen) atoms. The van der Waals surface area contributed by atoms with Gasteiger partial charge in [-0.05, 0) is 34.7 Å². The van der Waals surface area contributed by atoms with Crippen LogP contribution in [0.2, 0.25) is 0 Å². The van der Waals surface area contributed by atoms with E-state index in [-0.39, 0.29) is 30.4 Å². The van der Waals surface area contributed by atoms with Crippen LogP contribution in [0.3, 0.4) is 0 Å². The Morgan fingerprint density at radius 3 is 2.62 bits per heavy atom. The Kier molecular flexibility index (Phi) is 4.87. The van der Waals surface area contributed by atoms with Crippen LogP contribution in [0.5, 0.6) is 0 Å². The van der Waals surface area contributed by atoms with E-state index in [1.54, 1.807) is 24.3 Å². The fourth-order valence-corrected chi connectivity index (χ4v) is 4.46. The normalized spacial score (nSPS) is 21.0. The maximum atomic E-state index is 12.6. The van der Waals surface area contributed by atoms with Gasteiger partial charge in [-0.15, -0.1) is 0 Å². The average molecular weight is 423 g/mol. The highest BCUT2D eigenvalue weighted by molar-refractivity contribution is 14.1. The Bertz CT molecular complexity index is 673. The molecule has 0 bridgehead atoms.